The molecular weight excluding hydrogens is 367 g/mol. The fourth-order valence-corrected chi connectivity index (χ4v) is 4.18. The van der Waals surface area contributed by atoms with Crippen molar-refractivity contribution < 1.29 is 14.0 Å². The molecule has 2 aromatic rings. The molecule has 1 saturated carbocycles. The number of carbonyl (C=O) groups is 2. The first kappa shape index (κ1) is 19.6. The fourth-order valence-electron chi connectivity index (χ4n) is 4.18. The van der Waals surface area contributed by atoms with Gasteiger partial charge in [-0.1, -0.05) is 48.5 Å². The molecule has 2 fully saturated rings. The summed E-state index contributed by atoms with van der Waals surface area (Å²) in [4.78, 5) is 29.4. The van der Waals surface area contributed by atoms with Crippen LogP contribution in [0.5, 0.6) is 0 Å². The SMILES string of the molecule is O=C(CCc1ccccc1F)N1CCN(C(=O)C(c2ccccc2)C2CC2)CC1. The van der Waals surface area contributed by atoms with Gasteiger partial charge in [-0.05, 0) is 42.4 Å². The zero-order chi connectivity index (χ0) is 20.2. The van der Waals surface area contributed by atoms with Gasteiger partial charge in [-0.3, -0.25) is 9.59 Å². The molecule has 1 aliphatic carbocycles. The Kier molecular flexibility index (Phi) is 5.93. The normalized spacial score (nSPS) is 17.8. The molecule has 29 heavy (non-hydrogen) atoms. The molecule has 0 bridgehead atoms. The highest BCUT2D eigenvalue weighted by molar-refractivity contribution is 5.85. The molecule has 0 spiro atoms. The first-order valence-electron chi connectivity index (χ1n) is 10.5. The van der Waals surface area contributed by atoms with Crippen LogP contribution in [0.4, 0.5) is 4.39 Å². The van der Waals surface area contributed by atoms with Crippen molar-refractivity contribution in [3.63, 3.8) is 0 Å². The molecule has 4 rings (SSSR count). The van der Waals surface area contributed by atoms with E-state index in [1.54, 1.807) is 23.1 Å². The standard InChI is InChI=1S/C24H27FN2O2/c25-21-9-5-4-6-18(21)12-13-22(28)26-14-16-27(17-15-26)24(29)23(20-10-11-20)19-7-2-1-3-8-19/h1-9,20,23H,10-17H2. The number of nitrogens with zero attached hydrogens (tertiary/aromatic N) is 2. The van der Waals surface area contributed by atoms with E-state index in [1.807, 2.05) is 35.2 Å². The summed E-state index contributed by atoms with van der Waals surface area (Å²) in [5.41, 5.74) is 1.67. The van der Waals surface area contributed by atoms with Crippen LogP contribution in [0.15, 0.2) is 54.6 Å². The highest BCUT2D eigenvalue weighted by Crippen LogP contribution is 2.43. The van der Waals surface area contributed by atoms with Crippen LogP contribution in [0, 0.1) is 11.7 Å². The Balaban J connectivity index is 1.31. The van der Waals surface area contributed by atoms with Gasteiger partial charge in [0.2, 0.25) is 11.8 Å². The highest BCUT2D eigenvalue weighted by atomic mass is 19.1. The Morgan fingerprint density at radius 2 is 1.52 bits per heavy atom. The summed E-state index contributed by atoms with van der Waals surface area (Å²) < 4.78 is 13.7. The number of benzene rings is 2. The molecule has 0 N–H and O–H groups in total. The molecule has 2 aliphatic rings. The van der Waals surface area contributed by atoms with Gasteiger partial charge in [-0.15, -0.1) is 0 Å². The summed E-state index contributed by atoms with van der Waals surface area (Å²) >= 11 is 0. The van der Waals surface area contributed by atoms with E-state index in [0.717, 1.165) is 18.4 Å². The van der Waals surface area contributed by atoms with Gasteiger partial charge in [0.25, 0.3) is 0 Å². The third kappa shape index (κ3) is 4.66. The zero-order valence-corrected chi connectivity index (χ0v) is 16.6. The van der Waals surface area contributed by atoms with Crippen molar-refractivity contribution >= 4 is 11.8 Å². The maximum Gasteiger partial charge on any atom is 0.230 e. The summed E-state index contributed by atoms with van der Waals surface area (Å²) in [6.45, 7) is 2.24. The van der Waals surface area contributed by atoms with E-state index in [4.69, 9.17) is 0 Å². The summed E-state index contributed by atoms with van der Waals surface area (Å²) in [6.07, 6.45) is 2.92. The van der Waals surface area contributed by atoms with Crippen LogP contribution in [0.25, 0.3) is 0 Å². The average molecular weight is 394 g/mol. The molecule has 1 aliphatic heterocycles. The molecule has 0 aromatic heterocycles. The molecule has 0 radical (unpaired) electrons. The van der Waals surface area contributed by atoms with Crippen molar-refractivity contribution in [3.05, 3.63) is 71.5 Å². The Bertz CT molecular complexity index is 858. The first-order valence-corrected chi connectivity index (χ1v) is 10.5. The number of rotatable bonds is 6. The first-order chi connectivity index (χ1) is 14.1. The third-order valence-corrected chi connectivity index (χ3v) is 6.03. The predicted octanol–water partition coefficient (Wildman–Crippen LogP) is 3.62. The number of halogens is 1. The second kappa shape index (κ2) is 8.76. The molecule has 2 aromatic carbocycles. The maximum atomic E-state index is 13.7. The second-order valence-electron chi connectivity index (χ2n) is 8.02. The molecule has 1 atom stereocenters. The lowest BCUT2D eigenvalue weighted by Gasteiger charge is -2.36. The third-order valence-electron chi connectivity index (χ3n) is 6.03. The number of aryl methyl sites for hydroxylation is 1. The Hall–Kier alpha value is -2.69. The van der Waals surface area contributed by atoms with Crippen LogP contribution >= 0.6 is 0 Å². The van der Waals surface area contributed by atoms with Crippen molar-refractivity contribution in [1.82, 2.24) is 9.80 Å². The molecule has 1 saturated heterocycles. The second-order valence-corrected chi connectivity index (χ2v) is 8.02. The fraction of sp³-hybridized carbons (Fsp3) is 0.417. The maximum absolute atomic E-state index is 13.7. The largest absolute Gasteiger partial charge is 0.339 e. The summed E-state index contributed by atoms with van der Waals surface area (Å²) in [5, 5.41) is 0. The Morgan fingerprint density at radius 1 is 0.897 bits per heavy atom. The molecule has 1 unspecified atom stereocenters. The minimum Gasteiger partial charge on any atom is -0.339 e. The molecule has 4 nitrogen and oxygen atoms in total. The number of carbonyl (C=O) groups excluding carboxylic acids is 2. The number of hydrogen-bond donors (Lipinski definition) is 0. The van der Waals surface area contributed by atoms with Crippen molar-refractivity contribution in [3.8, 4) is 0 Å². The van der Waals surface area contributed by atoms with E-state index in [1.165, 1.54) is 6.07 Å². The van der Waals surface area contributed by atoms with E-state index in [9.17, 15) is 14.0 Å². The van der Waals surface area contributed by atoms with Crippen molar-refractivity contribution in [1.29, 1.82) is 0 Å². The van der Waals surface area contributed by atoms with Crippen molar-refractivity contribution in [2.24, 2.45) is 5.92 Å². The lowest BCUT2D eigenvalue weighted by Crippen LogP contribution is -2.51. The van der Waals surface area contributed by atoms with Gasteiger partial charge in [-0.25, -0.2) is 4.39 Å². The summed E-state index contributed by atoms with van der Waals surface area (Å²) in [6, 6.07) is 16.6. The van der Waals surface area contributed by atoms with E-state index in [0.29, 0.717) is 50.5 Å². The van der Waals surface area contributed by atoms with Crippen molar-refractivity contribution in [2.75, 3.05) is 26.2 Å². The summed E-state index contributed by atoms with van der Waals surface area (Å²) in [7, 11) is 0. The topological polar surface area (TPSA) is 40.6 Å². The van der Waals surface area contributed by atoms with E-state index in [2.05, 4.69) is 0 Å². The molecule has 5 heteroatoms. The lowest BCUT2D eigenvalue weighted by atomic mass is 9.92. The minimum absolute atomic E-state index is 0.0298. The Labute approximate surface area is 171 Å². The van der Waals surface area contributed by atoms with Gasteiger partial charge in [0.05, 0.1) is 5.92 Å². The highest BCUT2D eigenvalue weighted by Gasteiger charge is 2.40. The van der Waals surface area contributed by atoms with Crippen LogP contribution in [0.1, 0.15) is 36.3 Å². The van der Waals surface area contributed by atoms with Gasteiger partial charge in [0.15, 0.2) is 0 Å². The molecule has 2 amide bonds. The average Bonchev–Trinajstić information content (AvgIpc) is 3.59. The van der Waals surface area contributed by atoms with Crippen LogP contribution in [-0.4, -0.2) is 47.8 Å². The molecule has 152 valence electrons. The number of amides is 2. The van der Waals surface area contributed by atoms with Gasteiger partial charge < -0.3 is 9.80 Å². The van der Waals surface area contributed by atoms with Crippen LogP contribution < -0.4 is 0 Å². The van der Waals surface area contributed by atoms with Gasteiger partial charge >= 0.3 is 0 Å². The van der Waals surface area contributed by atoms with Gasteiger partial charge in [0, 0.05) is 32.6 Å². The predicted molar refractivity (Wildman–Crippen MR) is 110 cm³/mol. The van der Waals surface area contributed by atoms with E-state index in [-0.39, 0.29) is 23.5 Å². The van der Waals surface area contributed by atoms with Gasteiger partial charge in [0.1, 0.15) is 5.82 Å². The van der Waals surface area contributed by atoms with Crippen LogP contribution in [0.2, 0.25) is 0 Å². The number of piperazine rings is 1. The van der Waals surface area contributed by atoms with Crippen LogP contribution in [0.3, 0.4) is 0 Å². The van der Waals surface area contributed by atoms with Crippen LogP contribution in [-0.2, 0) is 16.0 Å². The lowest BCUT2D eigenvalue weighted by molar-refractivity contribution is -0.140. The Morgan fingerprint density at radius 3 is 2.17 bits per heavy atom. The zero-order valence-electron chi connectivity index (χ0n) is 16.6. The molecular formula is C24H27FN2O2. The summed E-state index contributed by atoms with van der Waals surface area (Å²) in [5.74, 6) is 0.354. The van der Waals surface area contributed by atoms with Crippen molar-refractivity contribution in [2.45, 2.75) is 31.6 Å². The quantitative estimate of drug-likeness (QED) is 0.751. The van der Waals surface area contributed by atoms with E-state index < -0.39 is 0 Å². The minimum atomic E-state index is -0.261. The monoisotopic (exact) mass is 394 g/mol. The van der Waals surface area contributed by atoms with Gasteiger partial charge in [-0.2, -0.15) is 0 Å². The smallest absolute Gasteiger partial charge is 0.230 e. The number of hydrogen-bond acceptors (Lipinski definition) is 2. The van der Waals surface area contributed by atoms with E-state index >= 15 is 0 Å². The molecule has 1 heterocycles.